The van der Waals surface area contributed by atoms with Crippen LogP contribution in [-0.4, -0.2) is 31.7 Å². The summed E-state index contributed by atoms with van der Waals surface area (Å²) in [5, 5.41) is 0. The van der Waals surface area contributed by atoms with Crippen molar-refractivity contribution in [1.29, 1.82) is 0 Å². The zero-order valence-corrected chi connectivity index (χ0v) is 17.4. The Balaban J connectivity index is 1.79. The lowest BCUT2D eigenvalue weighted by molar-refractivity contribution is -0.147. The Bertz CT molecular complexity index is 1160. The van der Waals surface area contributed by atoms with E-state index in [0.29, 0.717) is 35.8 Å². The van der Waals surface area contributed by atoms with Gasteiger partial charge < -0.3 is 14.0 Å². The van der Waals surface area contributed by atoms with E-state index in [4.69, 9.17) is 9.47 Å². The van der Waals surface area contributed by atoms with Crippen molar-refractivity contribution in [1.82, 2.24) is 19.1 Å². The van der Waals surface area contributed by atoms with Crippen molar-refractivity contribution < 1.29 is 14.3 Å². The number of unbranched alkanes of at least 4 members (excludes halogenated alkanes) is 1. The fourth-order valence-corrected chi connectivity index (χ4v) is 3.23. The normalized spacial score (nSPS) is 11.0. The summed E-state index contributed by atoms with van der Waals surface area (Å²) in [6.45, 7) is 6.29. The van der Waals surface area contributed by atoms with Gasteiger partial charge in [0.05, 0.1) is 0 Å². The number of aromatic nitrogens is 4. The number of ether oxygens (including phenoxy) is 2. The van der Waals surface area contributed by atoms with E-state index in [9.17, 15) is 14.4 Å². The minimum absolute atomic E-state index is 0.125. The van der Waals surface area contributed by atoms with E-state index in [2.05, 4.69) is 9.97 Å². The number of hydrogen-bond acceptors (Lipinski definition) is 6. The number of esters is 1. The van der Waals surface area contributed by atoms with E-state index in [1.165, 1.54) is 4.57 Å². The number of carbonyl (C=O) groups excluding carboxylic acids is 1. The first-order valence-corrected chi connectivity index (χ1v) is 10.0. The van der Waals surface area contributed by atoms with Crippen LogP contribution in [0.5, 0.6) is 5.75 Å². The maximum absolute atomic E-state index is 12.4. The first-order valence-electron chi connectivity index (χ1n) is 10.0. The zero-order chi connectivity index (χ0) is 21.7. The molecule has 3 rings (SSSR count). The van der Waals surface area contributed by atoms with E-state index < -0.39 is 17.2 Å². The van der Waals surface area contributed by atoms with Gasteiger partial charge in [-0.05, 0) is 31.9 Å². The molecule has 9 nitrogen and oxygen atoms in total. The summed E-state index contributed by atoms with van der Waals surface area (Å²) < 4.78 is 13.9. The van der Waals surface area contributed by atoms with E-state index in [-0.39, 0.29) is 13.2 Å². The molecule has 0 spiro atoms. The first kappa shape index (κ1) is 21.4. The molecule has 2 heterocycles. The van der Waals surface area contributed by atoms with Gasteiger partial charge in [0.1, 0.15) is 18.2 Å². The van der Waals surface area contributed by atoms with Gasteiger partial charge in [0.2, 0.25) is 0 Å². The lowest BCUT2D eigenvalue weighted by Gasteiger charge is -2.09. The van der Waals surface area contributed by atoms with Crippen molar-refractivity contribution in [3.8, 4) is 5.75 Å². The summed E-state index contributed by atoms with van der Waals surface area (Å²) in [5.41, 5.74) is 0.536. The highest BCUT2D eigenvalue weighted by atomic mass is 16.6. The number of carbonyl (C=O) groups is 1. The third-order valence-electron chi connectivity index (χ3n) is 4.82. The van der Waals surface area contributed by atoms with Crippen molar-refractivity contribution in [2.75, 3.05) is 6.61 Å². The summed E-state index contributed by atoms with van der Waals surface area (Å²) >= 11 is 0. The molecule has 1 N–H and O–H groups in total. The third kappa shape index (κ3) is 4.45. The molecule has 0 aliphatic carbocycles. The standard InChI is InChI=1S/C21H26N4O5/c1-4-6-11-25-19-18(20(27)23-21(25)28)24(5-2)16(22-19)12-30-17(26)13-29-15-10-8-7-9-14(15)3/h7-10H,4-6,11-13H2,1-3H3,(H,23,27,28). The molecule has 0 radical (unpaired) electrons. The number of nitrogens with zero attached hydrogens (tertiary/aromatic N) is 3. The Kier molecular flexibility index (Phi) is 6.71. The smallest absolute Gasteiger partial charge is 0.344 e. The topological polar surface area (TPSA) is 108 Å². The maximum Gasteiger partial charge on any atom is 0.344 e. The number of fused-ring (bicyclic) bond motifs is 1. The van der Waals surface area contributed by atoms with Gasteiger partial charge in [-0.15, -0.1) is 0 Å². The fourth-order valence-electron chi connectivity index (χ4n) is 3.23. The number of H-pyrrole nitrogens is 1. The summed E-state index contributed by atoms with van der Waals surface area (Å²) in [7, 11) is 0. The van der Waals surface area contributed by atoms with Crippen LogP contribution in [0.25, 0.3) is 11.2 Å². The highest BCUT2D eigenvalue weighted by molar-refractivity contribution is 5.72. The quantitative estimate of drug-likeness (QED) is 0.538. The predicted octanol–water partition coefficient (Wildman–Crippen LogP) is 2.14. The summed E-state index contributed by atoms with van der Waals surface area (Å²) in [6.07, 6.45) is 1.67. The van der Waals surface area contributed by atoms with Crippen molar-refractivity contribution in [2.45, 2.75) is 53.3 Å². The second kappa shape index (κ2) is 9.43. The molecule has 0 fully saturated rings. The number of imidazole rings is 1. The Labute approximate surface area is 173 Å². The number of nitrogens with one attached hydrogen (secondary N) is 1. The molecule has 0 aliphatic heterocycles. The molecule has 160 valence electrons. The molecular formula is C21H26N4O5. The number of aromatic amines is 1. The Morgan fingerprint density at radius 2 is 1.93 bits per heavy atom. The lowest BCUT2D eigenvalue weighted by atomic mass is 10.2. The minimum atomic E-state index is -0.551. The lowest BCUT2D eigenvalue weighted by Crippen LogP contribution is -2.31. The van der Waals surface area contributed by atoms with Crippen LogP contribution in [0.1, 0.15) is 38.1 Å². The van der Waals surface area contributed by atoms with Crippen molar-refractivity contribution in [2.24, 2.45) is 0 Å². The highest BCUT2D eigenvalue weighted by Gasteiger charge is 2.18. The average Bonchev–Trinajstić information content (AvgIpc) is 3.10. The van der Waals surface area contributed by atoms with Gasteiger partial charge in [-0.3, -0.25) is 14.3 Å². The molecule has 1 aromatic carbocycles. The highest BCUT2D eigenvalue weighted by Crippen LogP contribution is 2.16. The molecule has 0 unspecified atom stereocenters. The van der Waals surface area contributed by atoms with Gasteiger partial charge >= 0.3 is 11.7 Å². The summed E-state index contributed by atoms with van der Waals surface area (Å²) in [6, 6.07) is 7.38. The Morgan fingerprint density at radius 3 is 2.63 bits per heavy atom. The fraction of sp³-hybridized carbons (Fsp3) is 0.429. The number of aryl methyl sites for hydroxylation is 3. The largest absolute Gasteiger partial charge is 0.482 e. The van der Waals surface area contributed by atoms with Crippen molar-refractivity contribution in [3.63, 3.8) is 0 Å². The van der Waals surface area contributed by atoms with Crippen molar-refractivity contribution in [3.05, 3.63) is 56.5 Å². The molecule has 0 saturated carbocycles. The molecule has 0 atom stereocenters. The van der Waals surface area contributed by atoms with E-state index in [0.717, 1.165) is 18.4 Å². The SMILES string of the molecule is CCCCn1c(=O)[nH]c(=O)c2c1nc(COC(=O)COc1ccccc1C)n2CC. The van der Waals surface area contributed by atoms with Gasteiger partial charge in [-0.25, -0.2) is 14.6 Å². The predicted molar refractivity (Wildman–Crippen MR) is 112 cm³/mol. The molecular weight excluding hydrogens is 388 g/mol. The zero-order valence-electron chi connectivity index (χ0n) is 17.4. The van der Waals surface area contributed by atoms with E-state index >= 15 is 0 Å². The molecule has 0 bridgehead atoms. The van der Waals surface area contributed by atoms with Crippen LogP contribution < -0.4 is 16.0 Å². The minimum Gasteiger partial charge on any atom is -0.482 e. The van der Waals surface area contributed by atoms with Crippen LogP contribution in [-0.2, 0) is 29.2 Å². The maximum atomic E-state index is 12.4. The Morgan fingerprint density at radius 1 is 1.17 bits per heavy atom. The molecule has 3 aromatic rings. The van der Waals surface area contributed by atoms with E-state index in [1.807, 2.05) is 39.0 Å². The Hall–Kier alpha value is -3.36. The van der Waals surface area contributed by atoms with Crippen LogP contribution in [0.2, 0.25) is 0 Å². The van der Waals surface area contributed by atoms with Crippen LogP contribution in [0, 0.1) is 6.92 Å². The van der Waals surface area contributed by atoms with Crippen molar-refractivity contribution >= 4 is 17.1 Å². The van der Waals surface area contributed by atoms with Gasteiger partial charge in [0, 0.05) is 13.1 Å². The van der Waals surface area contributed by atoms with Crippen LogP contribution >= 0.6 is 0 Å². The molecule has 2 aromatic heterocycles. The van der Waals surface area contributed by atoms with Crippen LogP contribution in [0.15, 0.2) is 33.9 Å². The van der Waals surface area contributed by atoms with Gasteiger partial charge in [-0.2, -0.15) is 0 Å². The van der Waals surface area contributed by atoms with Gasteiger partial charge in [0.15, 0.2) is 17.8 Å². The summed E-state index contributed by atoms with van der Waals surface area (Å²) in [5.74, 6) is 0.463. The second-order valence-corrected chi connectivity index (χ2v) is 6.92. The number of rotatable bonds is 9. The number of hydrogen-bond donors (Lipinski definition) is 1. The number of benzene rings is 1. The van der Waals surface area contributed by atoms with Gasteiger partial charge in [-0.1, -0.05) is 31.5 Å². The molecule has 9 heteroatoms. The first-order chi connectivity index (χ1) is 14.5. The van der Waals surface area contributed by atoms with Gasteiger partial charge in [0.25, 0.3) is 5.56 Å². The summed E-state index contributed by atoms with van der Waals surface area (Å²) in [4.78, 5) is 43.6. The molecule has 0 amide bonds. The second-order valence-electron chi connectivity index (χ2n) is 6.92. The molecule has 0 saturated heterocycles. The average molecular weight is 414 g/mol. The van der Waals surface area contributed by atoms with Crippen LogP contribution in [0.4, 0.5) is 0 Å². The molecule has 0 aliphatic rings. The molecule has 30 heavy (non-hydrogen) atoms. The monoisotopic (exact) mass is 414 g/mol. The van der Waals surface area contributed by atoms with E-state index in [1.54, 1.807) is 10.6 Å². The third-order valence-corrected chi connectivity index (χ3v) is 4.82. The van der Waals surface area contributed by atoms with Crippen LogP contribution in [0.3, 0.4) is 0 Å². The number of para-hydroxylation sites is 1.